The summed E-state index contributed by atoms with van der Waals surface area (Å²) in [6.45, 7) is 0. The molecule has 0 spiro atoms. The third-order valence-electron chi connectivity index (χ3n) is 3.46. The number of aromatic nitrogens is 2. The molecule has 1 saturated carbocycles. The summed E-state index contributed by atoms with van der Waals surface area (Å²) in [4.78, 5) is 19.7. The Bertz CT molecular complexity index is 593. The minimum atomic E-state index is 0.216. The maximum absolute atomic E-state index is 11.0. The number of nitrogens with zero attached hydrogens (tertiary/aromatic N) is 2. The molecule has 4 heteroatoms. The molecular formula is C16H16N2O2. The van der Waals surface area contributed by atoms with Gasteiger partial charge >= 0.3 is 0 Å². The van der Waals surface area contributed by atoms with Crippen molar-refractivity contribution in [2.24, 2.45) is 0 Å². The number of ether oxygens (including phenoxy) is 1. The van der Waals surface area contributed by atoms with Gasteiger partial charge in [-0.2, -0.15) is 4.98 Å². The van der Waals surface area contributed by atoms with Crippen molar-refractivity contribution in [1.82, 2.24) is 9.97 Å². The molecule has 2 aromatic rings. The van der Waals surface area contributed by atoms with E-state index in [1.165, 1.54) is 12.8 Å². The number of hydrogen-bond donors (Lipinski definition) is 0. The van der Waals surface area contributed by atoms with Crippen LogP contribution in [0.15, 0.2) is 36.4 Å². The highest BCUT2D eigenvalue weighted by molar-refractivity contribution is 5.73. The van der Waals surface area contributed by atoms with Gasteiger partial charge in [-0.25, -0.2) is 4.98 Å². The minimum absolute atomic E-state index is 0.216. The molecule has 102 valence electrons. The summed E-state index contributed by atoms with van der Waals surface area (Å²) in [5.41, 5.74) is 1.24. The van der Waals surface area contributed by atoms with Gasteiger partial charge < -0.3 is 4.74 Å². The second kappa shape index (κ2) is 5.82. The molecular weight excluding hydrogens is 252 g/mol. The van der Waals surface area contributed by atoms with E-state index in [1.807, 2.05) is 30.3 Å². The molecule has 1 aromatic carbocycles. The summed E-state index contributed by atoms with van der Waals surface area (Å²) in [5.74, 6) is 1.02. The number of hydrogen-bond acceptors (Lipinski definition) is 4. The molecule has 1 aromatic heterocycles. The summed E-state index contributed by atoms with van der Waals surface area (Å²) in [6, 6.07) is 11.2. The smallest absolute Gasteiger partial charge is 0.217 e. The normalized spacial score (nSPS) is 15.2. The predicted molar refractivity (Wildman–Crippen MR) is 75.7 cm³/mol. The third kappa shape index (κ3) is 2.85. The summed E-state index contributed by atoms with van der Waals surface area (Å²) >= 11 is 0. The summed E-state index contributed by atoms with van der Waals surface area (Å²) in [6.07, 6.45) is 5.45. The van der Waals surface area contributed by atoms with Crippen LogP contribution in [0.4, 0.5) is 0 Å². The van der Waals surface area contributed by atoms with Gasteiger partial charge in [0.05, 0.1) is 0 Å². The highest BCUT2D eigenvalue weighted by Crippen LogP contribution is 2.25. The molecule has 1 aliphatic rings. The van der Waals surface area contributed by atoms with Gasteiger partial charge in [0, 0.05) is 11.6 Å². The van der Waals surface area contributed by atoms with Gasteiger partial charge in [-0.05, 0) is 25.7 Å². The van der Waals surface area contributed by atoms with Crippen LogP contribution in [-0.2, 0) is 0 Å². The first-order valence-corrected chi connectivity index (χ1v) is 6.91. The van der Waals surface area contributed by atoms with Crippen molar-refractivity contribution in [2.45, 2.75) is 31.8 Å². The number of benzene rings is 1. The van der Waals surface area contributed by atoms with Crippen molar-refractivity contribution in [2.75, 3.05) is 0 Å². The molecule has 0 saturated heterocycles. The Labute approximate surface area is 117 Å². The van der Waals surface area contributed by atoms with E-state index in [4.69, 9.17) is 4.74 Å². The highest BCUT2D eigenvalue weighted by Gasteiger charge is 2.18. The van der Waals surface area contributed by atoms with Crippen LogP contribution in [0.1, 0.15) is 36.2 Å². The van der Waals surface area contributed by atoms with Crippen LogP contribution >= 0.6 is 0 Å². The van der Waals surface area contributed by atoms with E-state index in [0.717, 1.165) is 24.7 Å². The third-order valence-corrected chi connectivity index (χ3v) is 3.46. The van der Waals surface area contributed by atoms with E-state index < -0.39 is 0 Å². The quantitative estimate of drug-likeness (QED) is 0.798. The van der Waals surface area contributed by atoms with Crippen LogP contribution in [-0.4, -0.2) is 22.4 Å². The average molecular weight is 268 g/mol. The monoisotopic (exact) mass is 268 g/mol. The number of rotatable bonds is 4. The Balaban J connectivity index is 1.92. The summed E-state index contributed by atoms with van der Waals surface area (Å²) in [5, 5.41) is 0. The fourth-order valence-corrected chi connectivity index (χ4v) is 2.46. The largest absolute Gasteiger partial charge is 0.474 e. The van der Waals surface area contributed by atoms with Gasteiger partial charge in [0.2, 0.25) is 5.88 Å². The van der Waals surface area contributed by atoms with E-state index in [0.29, 0.717) is 17.4 Å². The fraction of sp³-hybridized carbons (Fsp3) is 0.312. The molecule has 4 nitrogen and oxygen atoms in total. The molecule has 1 aliphatic carbocycles. The van der Waals surface area contributed by atoms with Crippen molar-refractivity contribution >= 4 is 6.29 Å². The van der Waals surface area contributed by atoms with E-state index in [9.17, 15) is 4.79 Å². The van der Waals surface area contributed by atoms with Crippen LogP contribution in [0.5, 0.6) is 5.88 Å². The number of carbonyl (C=O) groups is 1. The van der Waals surface area contributed by atoms with Crippen molar-refractivity contribution in [3.8, 4) is 17.3 Å². The molecule has 0 unspecified atom stereocenters. The second-order valence-corrected chi connectivity index (χ2v) is 4.96. The number of aldehydes is 1. The lowest BCUT2D eigenvalue weighted by atomic mass is 10.2. The first-order chi connectivity index (χ1) is 9.85. The zero-order valence-corrected chi connectivity index (χ0v) is 11.2. The molecule has 0 radical (unpaired) electrons. The molecule has 3 rings (SSSR count). The molecule has 1 fully saturated rings. The first-order valence-electron chi connectivity index (χ1n) is 6.91. The first kappa shape index (κ1) is 12.8. The van der Waals surface area contributed by atoms with Crippen molar-refractivity contribution < 1.29 is 9.53 Å². The lowest BCUT2D eigenvalue weighted by Gasteiger charge is -2.13. The second-order valence-electron chi connectivity index (χ2n) is 4.96. The van der Waals surface area contributed by atoms with E-state index in [1.54, 1.807) is 6.07 Å². The van der Waals surface area contributed by atoms with Crippen LogP contribution in [0, 0.1) is 0 Å². The SMILES string of the molecule is O=Cc1cc(OC2CCCC2)nc(-c2ccccc2)n1. The van der Waals surface area contributed by atoms with Crippen LogP contribution in [0.3, 0.4) is 0 Å². The van der Waals surface area contributed by atoms with Crippen LogP contribution < -0.4 is 4.74 Å². The zero-order chi connectivity index (χ0) is 13.8. The molecule has 0 aliphatic heterocycles. The Kier molecular flexibility index (Phi) is 3.72. The Morgan fingerprint density at radius 2 is 1.85 bits per heavy atom. The van der Waals surface area contributed by atoms with Crippen LogP contribution in [0.25, 0.3) is 11.4 Å². The Morgan fingerprint density at radius 1 is 1.10 bits per heavy atom. The molecule has 0 N–H and O–H groups in total. The highest BCUT2D eigenvalue weighted by atomic mass is 16.5. The standard InChI is InChI=1S/C16H16N2O2/c19-11-13-10-15(20-14-8-4-5-9-14)18-16(17-13)12-6-2-1-3-7-12/h1-3,6-7,10-11,14H,4-5,8-9H2. The zero-order valence-electron chi connectivity index (χ0n) is 11.2. The maximum Gasteiger partial charge on any atom is 0.217 e. The molecule has 0 atom stereocenters. The average Bonchev–Trinajstić information content (AvgIpc) is 3.00. The molecule has 20 heavy (non-hydrogen) atoms. The van der Waals surface area contributed by atoms with Gasteiger partial charge in [0.25, 0.3) is 0 Å². The summed E-state index contributed by atoms with van der Waals surface area (Å²) < 4.78 is 5.87. The molecule has 0 amide bonds. The fourth-order valence-electron chi connectivity index (χ4n) is 2.46. The van der Waals surface area contributed by atoms with Crippen molar-refractivity contribution in [3.05, 3.63) is 42.1 Å². The summed E-state index contributed by atoms with van der Waals surface area (Å²) in [7, 11) is 0. The van der Waals surface area contributed by atoms with Crippen molar-refractivity contribution in [1.29, 1.82) is 0 Å². The lowest BCUT2D eigenvalue weighted by Crippen LogP contribution is -2.12. The topological polar surface area (TPSA) is 52.1 Å². The Hall–Kier alpha value is -2.23. The molecule has 1 heterocycles. The van der Waals surface area contributed by atoms with Gasteiger partial charge in [-0.1, -0.05) is 30.3 Å². The van der Waals surface area contributed by atoms with Crippen LogP contribution in [0.2, 0.25) is 0 Å². The van der Waals surface area contributed by atoms with Crippen molar-refractivity contribution in [3.63, 3.8) is 0 Å². The van der Waals surface area contributed by atoms with Gasteiger partial charge in [0.15, 0.2) is 12.1 Å². The van der Waals surface area contributed by atoms with E-state index in [2.05, 4.69) is 9.97 Å². The minimum Gasteiger partial charge on any atom is -0.474 e. The Morgan fingerprint density at radius 3 is 2.55 bits per heavy atom. The van der Waals surface area contributed by atoms with E-state index in [-0.39, 0.29) is 6.10 Å². The van der Waals surface area contributed by atoms with Gasteiger partial charge in [-0.3, -0.25) is 4.79 Å². The number of carbonyl (C=O) groups excluding carboxylic acids is 1. The van der Waals surface area contributed by atoms with Gasteiger partial charge in [-0.15, -0.1) is 0 Å². The van der Waals surface area contributed by atoms with Gasteiger partial charge in [0.1, 0.15) is 11.8 Å². The van der Waals surface area contributed by atoms with E-state index >= 15 is 0 Å². The lowest BCUT2D eigenvalue weighted by molar-refractivity contribution is 0.111. The molecule has 0 bridgehead atoms. The maximum atomic E-state index is 11.0. The predicted octanol–water partition coefficient (Wildman–Crippen LogP) is 3.28.